The van der Waals surface area contributed by atoms with Gasteiger partial charge in [-0.15, -0.1) is 0 Å². The van der Waals surface area contributed by atoms with E-state index >= 15 is 0 Å². The third-order valence-corrected chi connectivity index (χ3v) is 3.66. The van der Waals surface area contributed by atoms with E-state index in [1.165, 1.54) is 0 Å². The van der Waals surface area contributed by atoms with Gasteiger partial charge in [0.2, 0.25) is 0 Å². The minimum absolute atomic E-state index is 0.0587. The largest absolute Gasteiger partial charge is 0.381 e. The zero-order valence-electron chi connectivity index (χ0n) is 10.4. The number of aromatic nitrogens is 1. The Hall–Kier alpha value is -1.30. The van der Waals surface area contributed by atoms with Crippen LogP contribution in [0, 0.1) is 23.0 Å². The number of anilines is 1. The van der Waals surface area contributed by atoms with Crippen molar-refractivity contribution in [2.24, 2.45) is 5.41 Å². The summed E-state index contributed by atoms with van der Waals surface area (Å²) in [6.07, 6.45) is 0.729. The fourth-order valence-corrected chi connectivity index (χ4v) is 2.24. The number of hydrogen-bond donors (Lipinski definition) is 1. The van der Waals surface area contributed by atoms with Crippen molar-refractivity contribution in [2.45, 2.75) is 32.4 Å². The molecule has 18 heavy (non-hydrogen) atoms. The first-order valence-corrected chi connectivity index (χ1v) is 5.67. The van der Waals surface area contributed by atoms with Crippen molar-refractivity contribution in [3.05, 3.63) is 23.6 Å². The number of rotatable bonds is 3. The van der Waals surface area contributed by atoms with Crippen LogP contribution in [0.3, 0.4) is 0 Å². The molecule has 0 spiro atoms. The predicted molar refractivity (Wildman–Crippen MR) is 60.7 cm³/mol. The van der Waals surface area contributed by atoms with Crippen LogP contribution in [0.1, 0.15) is 20.3 Å². The summed E-state index contributed by atoms with van der Waals surface area (Å²) < 4.78 is 44.4. The molecule has 1 aliphatic carbocycles. The second-order valence-corrected chi connectivity index (χ2v) is 5.07. The average Bonchev–Trinajstić information content (AvgIpc) is 2.30. The summed E-state index contributed by atoms with van der Waals surface area (Å²) >= 11 is 0. The maximum Gasteiger partial charge on any atom is 0.251 e. The molecule has 0 bridgehead atoms. The Kier molecular flexibility index (Phi) is 3.23. The molecule has 1 saturated carbocycles. The summed E-state index contributed by atoms with van der Waals surface area (Å²) in [7, 11) is 1.61. The topological polar surface area (TPSA) is 34.1 Å². The molecule has 2 unspecified atom stereocenters. The number of ether oxygens (including phenoxy) is 1. The third-order valence-electron chi connectivity index (χ3n) is 3.66. The number of methoxy groups -OCH3 is 1. The van der Waals surface area contributed by atoms with Gasteiger partial charge in [-0.05, 0) is 6.42 Å². The number of pyridine rings is 1. The predicted octanol–water partition coefficient (Wildman–Crippen LogP) is 2.72. The highest BCUT2D eigenvalue weighted by atomic mass is 19.2. The number of hydrogen-bond acceptors (Lipinski definition) is 3. The van der Waals surface area contributed by atoms with Crippen molar-refractivity contribution in [1.29, 1.82) is 0 Å². The summed E-state index contributed by atoms with van der Waals surface area (Å²) in [5, 5.41) is 2.80. The van der Waals surface area contributed by atoms with Crippen molar-refractivity contribution in [1.82, 2.24) is 4.98 Å². The molecule has 2 atom stereocenters. The lowest BCUT2D eigenvalue weighted by molar-refractivity contribution is -0.0796. The van der Waals surface area contributed by atoms with E-state index in [2.05, 4.69) is 10.3 Å². The Morgan fingerprint density at radius 2 is 2.00 bits per heavy atom. The van der Waals surface area contributed by atoms with Gasteiger partial charge >= 0.3 is 0 Å². The van der Waals surface area contributed by atoms with Crippen LogP contribution >= 0.6 is 0 Å². The lowest BCUT2D eigenvalue weighted by Gasteiger charge is -2.51. The average molecular weight is 260 g/mol. The first kappa shape index (κ1) is 13.1. The molecule has 0 aliphatic heterocycles. The van der Waals surface area contributed by atoms with Crippen LogP contribution in [0.25, 0.3) is 0 Å². The van der Waals surface area contributed by atoms with Crippen LogP contribution < -0.4 is 5.32 Å². The Bertz CT molecular complexity index is 465. The quantitative estimate of drug-likeness (QED) is 0.848. The number of halogens is 3. The molecule has 6 heteroatoms. The van der Waals surface area contributed by atoms with Crippen LogP contribution in [0.4, 0.5) is 19.0 Å². The van der Waals surface area contributed by atoms with E-state index in [1.807, 2.05) is 13.8 Å². The Labute approximate surface area is 103 Å². The molecule has 0 aromatic carbocycles. The molecular formula is C12H15F3N2O. The Morgan fingerprint density at radius 1 is 1.33 bits per heavy atom. The van der Waals surface area contributed by atoms with E-state index in [4.69, 9.17) is 4.74 Å². The van der Waals surface area contributed by atoms with Gasteiger partial charge in [0, 0.05) is 24.6 Å². The third kappa shape index (κ3) is 2.05. The highest BCUT2D eigenvalue weighted by molar-refractivity contribution is 5.39. The van der Waals surface area contributed by atoms with E-state index in [0.717, 1.165) is 0 Å². The Morgan fingerprint density at radius 3 is 2.56 bits per heavy atom. The molecule has 1 aromatic heterocycles. The van der Waals surface area contributed by atoms with Crippen molar-refractivity contribution in [2.75, 3.05) is 12.4 Å². The van der Waals surface area contributed by atoms with Crippen LogP contribution in [-0.4, -0.2) is 24.2 Å². The van der Waals surface area contributed by atoms with Crippen molar-refractivity contribution < 1.29 is 17.9 Å². The summed E-state index contributed by atoms with van der Waals surface area (Å²) in [6.45, 7) is 3.92. The lowest BCUT2D eigenvalue weighted by Crippen LogP contribution is -2.57. The first-order valence-electron chi connectivity index (χ1n) is 5.67. The van der Waals surface area contributed by atoms with Crippen LogP contribution in [0.5, 0.6) is 0 Å². The van der Waals surface area contributed by atoms with Gasteiger partial charge in [0.15, 0.2) is 17.5 Å². The van der Waals surface area contributed by atoms with Crippen molar-refractivity contribution >= 4 is 5.82 Å². The molecule has 0 radical (unpaired) electrons. The molecule has 1 aliphatic rings. The number of nitrogens with one attached hydrogen (secondary N) is 1. The lowest BCUT2D eigenvalue weighted by atomic mass is 9.64. The maximum atomic E-state index is 13.4. The van der Waals surface area contributed by atoms with Gasteiger partial charge in [0.05, 0.1) is 6.10 Å². The molecule has 3 nitrogen and oxygen atoms in total. The molecule has 0 saturated heterocycles. The molecule has 1 fully saturated rings. The highest BCUT2D eigenvalue weighted by Gasteiger charge is 2.49. The van der Waals surface area contributed by atoms with E-state index in [-0.39, 0.29) is 23.4 Å². The molecule has 0 amide bonds. The molecule has 2 rings (SSSR count). The van der Waals surface area contributed by atoms with Crippen molar-refractivity contribution in [3.63, 3.8) is 0 Å². The van der Waals surface area contributed by atoms with Crippen molar-refractivity contribution in [3.8, 4) is 0 Å². The molecule has 1 heterocycles. The fourth-order valence-electron chi connectivity index (χ4n) is 2.24. The standard InChI is InChI=1S/C12H15F3N2O/c1-12(2)8(5-9(12)18-3)16-11-7(14)4-6(13)10(15)17-11/h4,8-9H,5H2,1-3H3,(H,16,17). The zero-order valence-corrected chi connectivity index (χ0v) is 10.4. The molecule has 100 valence electrons. The maximum absolute atomic E-state index is 13.4. The normalized spacial score (nSPS) is 25.7. The molecule has 1 N–H and O–H groups in total. The van der Waals surface area contributed by atoms with Gasteiger partial charge in [-0.25, -0.2) is 8.78 Å². The van der Waals surface area contributed by atoms with Crippen LogP contribution in [-0.2, 0) is 4.74 Å². The minimum Gasteiger partial charge on any atom is -0.381 e. The summed E-state index contributed by atoms with van der Waals surface area (Å²) in [5.41, 5.74) is -0.215. The monoisotopic (exact) mass is 260 g/mol. The van der Waals surface area contributed by atoms with Gasteiger partial charge in [-0.3, -0.25) is 0 Å². The zero-order chi connectivity index (χ0) is 13.5. The summed E-state index contributed by atoms with van der Waals surface area (Å²) in [4.78, 5) is 3.24. The SMILES string of the molecule is COC1CC(Nc2nc(F)c(F)cc2F)C1(C)C. The summed E-state index contributed by atoms with van der Waals surface area (Å²) in [5.74, 6) is -3.76. The van der Waals surface area contributed by atoms with Gasteiger partial charge < -0.3 is 10.1 Å². The van der Waals surface area contributed by atoms with Gasteiger partial charge in [-0.2, -0.15) is 9.37 Å². The van der Waals surface area contributed by atoms with E-state index < -0.39 is 17.6 Å². The Balaban J connectivity index is 2.14. The second-order valence-electron chi connectivity index (χ2n) is 5.07. The second kappa shape index (κ2) is 4.42. The van der Waals surface area contributed by atoms with E-state index in [9.17, 15) is 13.2 Å². The minimum atomic E-state index is -1.31. The smallest absolute Gasteiger partial charge is 0.251 e. The van der Waals surface area contributed by atoms with Gasteiger partial charge in [0.1, 0.15) is 0 Å². The summed E-state index contributed by atoms with van der Waals surface area (Å²) in [6, 6.07) is 0.402. The first-order chi connectivity index (χ1) is 8.36. The highest BCUT2D eigenvalue weighted by Crippen LogP contribution is 2.44. The van der Waals surface area contributed by atoms with Gasteiger partial charge in [-0.1, -0.05) is 13.8 Å². The van der Waals surface area contributed by atoms with Crippen LogP contribution in [0.2, 0.25) is 0 Å². The van der Waals surface area contributed by atoms with Gasteiger partial charge in [0.25, 0.3) is 5.95 Å². The molecular weight excluding hydrogens is 245 g/mol. The van der Waals surface area contributed by atoms with E-state index in [1.54, 1.807) is 7.11 Å². The molecule has 1 aromatic rings. The van der Waals surface area contributed by atoms with Crippen LogP contribution in [0.15, 0.2) is 6.07 Å². The fraction of sp³-hybridized carbons (Fsp3) is 0.583. The van der Waals surface area contributed by atoms with E-state index in [0.29, 0.717) is 12.5 Å². The number of nitrogens with zero attached hydrogens (tertiary/aromatic N) is 1.